The van der Waals surface area contributed by atoms with Gasteiger partial charge in [-0.25, -0.2) is 0 Å². The van der Waals surface area contributed by atoms with Gasteiger partial charge in [-0.2, -0.15) is 11.3 Å². The van der Waals surface area contributed by atoms with E-state index in [-0.39, 0.29) is 12.0 Å². The Balaban J connectivity index is 1.97. The summed E-state index contributed by atoms with van der Waals surface area (Å²) >= 11 is 1.70. The van der Waals surface area contributed by atoms with Crippen LogP contribution >= 0.6 is 11.3 Å². The minimum absolute atomic E-state index is 0.0656. The Morgan fingerprint density at radius 3 is 2.94 bits per heavy atom. The van der Waals surface area contributed by atoms with Gasteiger partial charge in [0.15, 0.2) is 0 Å². The number of hydrogen-bond donors (Lipinski definition) is 0. The fourth-order valence-corrected chi connectivity index (χ4v) is 2.93. The van der Waals surface area contributed by atoms with Crippen molar-refractivity contribution in [2.45, 2.75) is 51.8 Å². The van der Waals surface area contributed by atoms with Crippen LogP contribution in [-0.4, -0.2) is 29.1 Å². The molecule has 0 radical (unpaired) electrons. The van der Waals surface area contributed by atoms with E-state index in [0.717, 1.165) is 25.9 Å². The molecule has 0 amide bonds. The van der Waals surface area contributed by atoms with E-state index in [1.165, 1.54) is 5.56 Å². The van der Waals surface area contributed by atoms with Crippen molar-refractivity contribution in [1.29, 1.82) is 0 Å². The molecule has 0 saturated carbocycles. The molecule has 0 unspecified atom stereocenters. The van der Waals surface area contributed by atoms with E-state index >= 15 is 0 Å². The van der Waals surface area contributed by atoms with Crippen LogP contribution < -0.4 is 0 Å². The fraction of sp³-hybridized carbons (Fsp3) is 0.643. The monoisotopic (exact) mass is 267 g/mol. The highest BCUT2D eigenvalue weighted by Crippen LogP contribution is 2.23. The lowest BCUT2D eigenvalue weighted by atomic mass is 10.1. The largest absolute Gasteiger partial charge is 0.459 e. The average Bonchev–Trinajstić information content (AvgIpc) is 2.86. The zero-order valence-electron chi connectivity index (χ0n) is 11.3. The topological polar surface area (TPSA) is 29.5 Å². The van der Waals surface area contributed by atoms with Gasteiger partial charge in [0.2, 0.25) is 0 Å². The molecule has 1 aliphatic heterocycles. The molecule has 1 atom stereocenters. The number of hydrogen-bond acceptors (Lipinski definition) is 4. The summed E-state index contributed by atoms with van der Waals surface area (Å²) in [5.41, 5.74) is 0.892. The van der Waals surface area contributed by atoms with E-state index in [9.17, 15) is 4.79 Å². The smallest absolute Gasteiger partial charge is 0.323 e. The lowest BCUT2D eigenvalue weighted by molar-refractivity contribution is -0.160. The number of esters is 1. The van der Waals surface area contributed by atoms with E-state index in [1.807, 2.05) is 20.8 Å². The van der Waals surface area contributed by atoms with Gasteiger partial charge in [-0.15, -0.1) is 0 Å². The normalized spacial score (nSPS) is 21.2. The van der Waals surface area contributed by atoms with Crippen molar-refractivity contribution < 1.29 is 9.53 Å². The molecule has 0 bridgehead atoms. The van der Waals surface area contributed by atoms with Crippen LogP contribution in [0.15, 0.2) is 16.8 Å². The Hall–Kier alpha value is -0.870. The first-order valence-electron chi connectivity index (χ1n) is 6.44. The highest BCUT2D eigenvalue weighted by Gasteiger charge is 2.33. The number of thiophene rings is 1. The molecule has 3 nitrogen and oxygen atoms in total. The molecule has 1 aromatic heterocycles. The summed E-state index contributed by atoms with van der Waals surface area (Å²) in [6, 6.07) is 2.05. The number of likely N-dealkylation sites (tertiary alicyclic amines) is 1. The first-order chi connectivity index (χ1) is 8.46. The van der Waals surface area contributed by atoms with Crippen LogP contribution in [0.5, 0.6) is 0 Å². The van der Waals surface area contributed by atoms with Crippen molar-refractivity contribution in [3.63, 3.8) is 0 Å². The fourth-order valence-electron chi connectivity index (χ4n) is 2.27. The first kappa shape index (κ1) is 13.6. The number of nitrogens with zero attached hydrogens (tertiary/aromatic N) is 1. The Labute approximate surface area is 113 Å². The van der Waals surface area contributed by atoms with E-state index in [0.29, 0.717) is 0 Å². The van der Waals surface area contributed by atoms with Gasteiger partial charge in [0, 0.05) is 6.54 Å². The maximum atomic E-state index is 12.1. The predicted octanol–water partition coefficient (Wildman–Crippen LogP) is 3.05. The second kappa shape index (κ2) is 5.41. The Bertz CT molecular complexity index is 394. The molecular formula is C14H21NO2S. The van der Waals surface area contributed by atoms with Crippen LogP contribution in [0, 0.1) is 0 Å². The molecule has 1 saturated heterocycles. The third-order valence-corrected chi connectivity index (χ3v) is 3.74. The Kier molecular flexibility index (Phi) is 4.07. The van der Waals surface area contributed by atoms with Gasteiger partial charge >= 0.3 is 5.97 Å². The molecule has 0 aromatic carbocycles. The van der Waals surface area contributed by atoms with Crippen LogP contribution in [0.3, 0.4) is 0 Å². The highest BCUT2D eigenvalue weighted by atomic mass is 32.1. The standard InChI is InChI=1S/C14H21NO2S/c1-14(2,3)17-13(16)12-5-4-7-15(12)9-11-6-8-18-10-11/h6,8,10,12H,4-5,7,9H2,1-3H3/t12-/m0/s1. The summed E-state index contributed by atoms with van der Waals surface area (Å²) in [5.74, 6) is -0.0739. The summed E-state index contributed by atoms with van der Waals surface area (Å²) < 4.78 is 5.49. The number of ether oxygens (including phenoxy) is 1. The molecule has 100 valence electrons. The van der Waals surface area contributed by atoms with Crippen molar-refractivity contribution >= 4 is 17.3 Å². The lowest BCUT2D eigenvalue weighted by Gasteiger charge is -2.27. The molecular weight excluding hydrogens is 246 g/mol. The third kappa shape index (κ3) is 3.56. The van der Waals surface area contributed by atoms with Crippen LogP contribution in [0.2, 0.25) is 0 Å². The molecule has 18 heavy (non-hydrogen) atoms. The lowest BCUT2D eigenvalue weighted by Crippen LogP contribution is -2.40. The van der Waals surface area contributed by atoms with E-state index in [1.54, 1.807) is 11.3 Å². The van der Waals surface area contributed by atoms with Crippen LogP contribution in [0.1, 0.15) is 39.2 Å². The SMILES string of the molecule is CC(C)(C)OC(=O)[C@@H]1CCCN1Cc1ccsc1. The zero-order chi connectivity index (χ0) is 13.2. The quantitative estimate of drug-likeness (QED) is 0.788. The number of rotatable bonds is 3. The Morgan fingerprint density at radius 1 is 1.56 bits per heavy atom. The highest BCUT2D eigenvalue weighted by molar-refractivity contribution is 7.07. The minimum Gasteiger partial charge on any atom is -0.459 e. The molecule has 1 aliphatic rings. The summed E-state index contributed by atoms with van der Waals surface area (Å²) in [4.78, 5) is 14.4. The van der Waals surface area contributed by atoms with Gasteiger partial charge in [-0.3, -0.25) is 9.69 Å². The second-order valence-corrected chi connectivity index (χ2v) is 6.57. The third-order valence-electron chi connectivity index (χ3n) is 3.01. The van der Waals surface area contributed by atoms with Gasteiger partial charge < -0.3 is 4.74 Å². The molecule has 1 aromatic rings. The molecule has 0 aliphatic carbocycles. The number of carbonyl (C=O) groups is 1. The van der Waals surface area contributed by atoms with Gasteiger partial charge in [0.1, 0.15) is 11.6 Å². The molecule has 1 fully saturated rings. The van der Waals surface area contributed by atoms with E-state index in [4.69, 9.17) is 4.74 Å². The van der Waals surface area contributed by atoms with Crippen molar-refractivity contribution in [3.05, 3.63) is 22.4 Å². The molecule has 2 heterocycles. The average molecular weight is 267 g/mol. The summed E-state index contributed by atoms with van der Waals surface area (Å²) in [6.07, 6.45) is 1.99. The zero-order valence-corrected chi connectivity index (χ0v) is 12.1. The van der Waals surface area contributed by atoms with E-state index in [2.05, 4.69) is 21.7 Å². The first-order valence-corrected chi connectivity index (χ1v) is 7.38. The molecule has 2 rings (SSSR count). The van der Waals surface area contributed by atoms with Crippen LogP contribution in [0.25, 0.3) is 0 Å². The number of carbonyl (C=O) groups excluding carboxylic acids is 1. The van der Waals surface area contributed by atoms with Gasteiger partial charge in [0.25, 0.3) is 0 Å². The van der Waals surface area contributed by atoms with Gasteiger partial charge in [-0.1, -0.05) is 0 Å². The van der Waals surface area contributed by atoms with Crippen molar-refractivity contribution in [1.82, 2.24) is 4.90 Å². The van der Waals surface area contributed by atoms with Gasteiger partial charge in [-0.05, 0) is 62.5 Å². The van der Waals surface area contributed by atoms with E-state index < -0.39 is 5.60 Å². The Morgan fingerprint density at radius 2 is 2.33 bits per heavy atom. The molecule has 0 N–H and O–H groups in total. The van der Waals surface area contributed by atoms with Crippen molar-refractivity contribution in [2.75, 3.05) is 6.54 Å². The maximum Gasteiger partial charge on any atom is 0.323 e. The summed E-state index contributed by atoms with van der Waals surface area (Å²) in [5, 5.41) is 4.22. The van der Waals surface area contributed by atoms with Crippen molar-refractivity contribution in [3.8, 4) is 0 Å². The maximum absolute atomic E-state index is 12.1. The predicted molar refractivity (Wildman–Crippen MR) is 73.6 cm³/mol. The second-order valence-electron chi connectivity index (χ2n) is 5.79. The summed E-state index contributed by atoms with van der Waals surface area (Å²) in [7, 11) is 0. The van der Waals surface area contributed by atoms with Crippen LogP contribution in [-0.2, 0) is 16.1 Å². The molecule has 0 spiro atoms. The van der Waals surface area contributed by atoms with Crippen LogP contribution in [0.4, 0.5) is 0 Å². The van der Waals surface area contributed by atoms with Crippen molar-refractivity contribution in [2.24, 2.45) is 0 Å². The summed E-state index contributed by atoms with van der Waals surface area (Å²) in [6.45, 7) is 7.60. The molecule has 4 heteroatoms. The van der Waals surface area contributed by atoms with Gasteiger partial charge in [0.05, 0.1) is 0 Å². The minimum atomic E-state index is -0.395.